The van der Waals surface area contributed by atoms with Gasteiger partial charge < -0.3 is 24.2 Å². The summed E-state index contributed by atoms with van der Waals surface area (Å²) in [6.07, 6.45) is 0. The Balaban J connectivity index is 1.79. The van der Waals surface area contributed by atoms with Gasteiger partial charge in [-0.3, -0.25) is 0 Å². The first-order valence-corrected chi connectivity index (χ1v) is 6.64. The molecular weight excluding hydrogens is 270 g/mol. The third kappa shape index (κ3) is 2.67. The third-order valence-electron chi connectivity index (χ3n) is 3.49. The zero-order valence-electron chi connectivity index (χ0n) is 12.0. The molecule has 0 aliphatic carbocycles. The molecule has 2 aromatic carbocycles. The Labute approximate surface area is 123 Å². The molecule has 1 N–H and O–H groups in total. The average molecular weight is 287 g/mol. The van der Waals surface area contributed by atoms with Crippen molar-refractivity contribution < 1.29 is 19.3 Å². The number of ether oxygens (including phenoxy) is 3. The van der Waals surface area contributed by atoms with Crippen molar-refractivity contribution in [3.05, 3.63) is 42.0 Å². The number of nitrogens with zero attached hydrogens (tertiary/aromatic N) is 1. The molecule has 0 amide bonds. The van der Waals surface area contributed by atoms with E-state index in [1.165, 1.54) is 0 Å². The number of benzene rings is 2. The maximum absolute atomic E-state index is 10.1. The average Bonchev–Trinajstić information content (AvgIpc) is 2.94. The van der Waals surface area contributed by atoms with E-state index in [1.807, 2.05) is 42.3 Å². The van der Waals surface area contributed by atoms with E-state index in [9.17, 15) is 5.11 Å². The Hall–Kier alpha value is -2.56. The van der Waals surface area contributed by atoms with Gasteiger partial charge in [0.1, 0.15) is 11.5 Å². The molecule has 0 fully saturated rings. The van der Waals surface area contributed by atoms with Crippen LogP contribution in [0.25, 0.3) is 0 Å². The predicted molar refractivity (Wildman–Crippen MR) is 79.3 cm³/mol. The van der Waals surface area contributed by atoms with Crippen molar-refractivity contribution in [1.29, 1.82) is 0 Å². The second kappa shape index (κ2) is 5.44. The molecule has 0 radical (unpaired) electrons. The minimum absolute atomic E-state index is 0.201. The summed E-state index contributed by atoms with van der Waals surface area (Å²) in [6.45, 7) is 0.765. The maximum Gasteiger partial charge on any atom is 0.231 e. The minimum Gasteiger partial charge on any atom is -0.507 e. The highest BCUT2D eigenvalue weighted by atomic mass is 16.7. The SMILES string of the molecule is COc1ccc(N(C)Cc2cc3c(cc2O)OCO3)cc1. The lowest BCUT2D eigenvalue weighted by Crippen LogP contribution is -2.16. The summed E-state index contributed by atoms with van der Waals surface area (Å²) in [5, 5.41) is 10.1. The number of methoxy groups -OCH3 is 1. The van der Waals surface area contributed by atoms with Crippen LogP contribution in [0.3, 0.4) is 0 Å². The molecule has 1 aliphatic rings. The number of aromatic hydroxyl groups is 1. The standard InChI is InChI=1S/C16H17NO4/c1-17(12-3-5-13(19-2)6-4-12)9-11-7-15-16(8-14(11)18)21-10-20-15/h3-8,18H,9-10H2,1-2H3. The van der Waals surface area contributed by atoms with Crippen molar-refractivity contribution in [3.63, 3.8) is 0 Å². The Morgan fingerprint density at radius 1 is 1.14 bits per heavy atom. The highest BCUT2D eigenvalue weighted by Crippen LogP contribution is 2.38. The molecule has 2 aromatic rings. The lowest BCUT2D eigenvalue weighted by Gasteiger charge is -2.20. The lowest BCUT2D eigenvalue weighted by atomic mass is 10.1. The van der Waals surface area contributed by atoms with Crippen molar-refractivity contribution in [2.24, 2.45) is 0 Å². The van der Waals surface area contributed by atoms with E-state index >= 15 is 0 Å². The molecule has 0 aromatic heterocycles. The molecule has 110 valence electrons. The van der Waals surface area contributed by atoms with Crippen LogP contribution in [-0.4, -0.2) is 26.1 Å². The number of phenols is 1. The fourth-order valence-electron chi connectivity index (χ4n) is 2.28. The zero-order chi connectivity index (χ0) is 14.8. The number of hydrogen-bond acceptors (Lipinski definition) is 5. The third-order valence-corrected chi connectivity index (χ3v) is 3.49. The highest BCUT2D eigenvalue weighted by molar-refractivity contribution is 5.54. The summed E-state index contributed by atoms with van der Waals surface area (Å²) in [5.41, 5.74) is 1.82. The van der Waals surface area contributed by atoms with Crippen LogP contribution in [-0.2, 0) is 6.54 Å². The topological polar surface area (TPSA) is 51.2 Å². The molecule has 0 spiro atoms. The van der Waals surface area contributed by atoms with E-state index in [0.29, 0.717) is 18.0 Å². The van der Waals surface area contributed by atoms with Crippen LogP contribution in [0.5, 0.6) is 23.0 Å². The van der Waals surface area contributed by atoms with Crippen molar-refractivity contribution in [2.45, 2.75) is 6.54 Å². The van der Waals surface area contributed by atoms with E-state index in [2.05, 4.69) is 0 Å². The number of fused-ring (bicyclic) bond motifs is 1. The van der Waals surface area contributed by atoms with Gasteiger partial charge in [0.2, 0.25) is 6.79 Å². The van der Waals surface area contributed by atoms with Crippen molar-refractivity contribution in [1.82, 2.24) is 0 Å². The predicted octanol–water partition coefficient (Wildman–Crippen LogP) is 2.77. The first-order chi connectivity index (χ1) is 10.2. The van der Waals surface area contributed by atoms with Gasteiger partial charge in [-0.1, -0.05) is 0 Å². The molecule has 0 saturated carbocycles. The van der Waals surface area contributed by atoms with Crippen LogP contribution in [0.4, 0.5) is 5.69 Å². The maximum atomic E-state index is 10.1. The molecule has 1 aliphatic heterocycles. The van der Waals surface area contributed by atoms with Crippen molar-refractivity contribution in [3.8, 4) is 23.0 Å². The second-order valence-electron chi connectivity index (χ2n) is 4.89. The van der Waals surface area contributed by atoms with E-state index < -0.39 is 0 Å². The highest BCUT2D eigenvalue weighted by Gasteiger charge is 2.17. The summed E-state index contributed by atoms with van der Waals surface area (Å²) >= 11 is 0. The number of hydrogen-bond donors (Lipinski definition) is 1. The van der Waals surface area contributed by atoms with Crippen molar-refractivity contribution >= 4 is 5.69 Å². The monoisotopic (exact) mass is 287 g/mol. The Morgan fingerprint density at radius 2 is 1.81 bits per heavy atom. The number of rotatable bonds is 4. The van der Waals surface area contributed by atoms with Gasteiger partial charge in [-0.15, -0.1) is 0 Å². The summed E-state index contributed by atoms with van der Waals surface area (Å²) in [5.74, 6) is 2.28. The molecule has 0 bridgehead atoms. The van der Waals surface area contributed by atoms with Gasteiger partial charge in [0.05, 0.1) is 7.11 Å². The van der Waals surface area contributed by atoms with E-state index in [0.717, 1.165) is 17.0 Å². The fourth-order valence-corrected chi connectivity index (χ4v) is 2.28. The quantitative estimate of drug-likeness (QED) is 0.937. The molecule has 0 saturated heterocycles. The summed E-state index contributed by atoms with van der Waals surface area (Å²) < 4.78 is 15.7. The molecular formula is C16H17NO4. The largest absolute Gasteiger partial charge is 0.507 e. The van der Waals surface area contributed by atoms with E-state index in [-0.39, 0.29) is 12.5 Å². The van der Waals surface area contributed by atoms with E-state index in [4.69, 9.17) is 14.2 Å². The Kier molecular flexibility index (Phi) is 3.48. The van der Waals surface area contributed by atoms with Gasteiger partial charge in [-0.2, -0.15) is 0 Å². The van der Waals surface area contributed by atoms with Gasteiger partial charge >= 0.3 is 0 Å². The molecule has 3 rings (SSSR count). The molecule has 1 heterocycles. The normalized spacial score (nSPS) is 12.3. The van der Waals surface area contributed by atoms with Gasteiger partial charge in [-0.25, -0.2) is 0 Å². The smallest absolute Gasteiger partial charge is 0.231 e. The number of phenolic OH excluding ortho intramolecular Hbond substituents is 1. The second-order valence-corrected chi connectivity index (χ2v) is 4.89. The van der Waals surface area contributed by atoms with Crippen LogP contribution < -0.4 is 19.1 Å². The van der Waals surface area contributed by atoms with E-state index in [1.54, 1.807) is 13.2 Å². The summed E-state index contributed by atoms with van der Waals surface area (Å²) in [7, 11) is 3.61. The number of anilines is 1. The van der Waals surface area contributed by atoms with Gasteiger partial charge in [0.15, 0.2) is 11.5 Å². The fraction of sp³-hybridized carbons (Fsp3) is 0.250. The van der Waals surface area contributed by atoms with Crippen LogP contribution in [0.1, 0.15) is 5.56 Å². The van der Waals surface area contributed by atoms with Crippen LogP contribution in [0.15, 0.2) is 36.4 Å². The summed E-state index contributed by atoms with van der Waals surface area (Å²) in [4.78, 5) is 2.04. The molecule has 21 heavy (non-hydrogen) atoms. The minimum atomic E-state index is 0.201. The van der Waals surface area contributed by atoms with Gasteiger partial charge in [0, 0.05) is 30.9 Å². The van der Waals surface area contributed by atoms with Crippen LogP contribution in [0, 0.1) is 0 Å². The first kappa shape index (κ1) is 13.4. The molecule has 5 nitrogen and oxygen atoms in total. The van der Waals surface area contributed by atoms with Crippen LogP contribution >= 0.6 is 0 Å². The zero-order valence-corrected chi connectivity index (χ0v) is 12.0. The Morgan fingerprint density at radius 3 is 2.48 bits per heavy atom. The van der Waals surface area contributed by atoms with Gasteiger partial charge in [-0.05, 0) is 30.3 Å². The lowest BCUT2D eigenvalue weighted by molar-refractivity contribution is 0.174. The Bertz CT molecular complexity index is 639. The molecule has 5 heteroatoms. The molecule has 0 unspecified atom stereocenters. The first-order valence-electron chi connectivity index (χ1n) is 6.64. The summed E-state index contributed by atoms with van der Waals surface area (Å²) in [6, 6.07) is 11.2. The van der Waals surface area contributed by atoms with Gasteiger partial charge in [0.25, 0.3) is 0 Å². The molecule has 0 atom stereocenters. The van der Waals surface area contributed by atoms with Crippen molar-refractivity contribution in [2.75, 3.05) is 25.9 Å². The van der Waals surface area contributed by atoms with Crippen LogP contribution in [0.2, 0.25) is 0 Å².